The molecule has 1 fully saturated rings. The summed E-state index contributed by atoms with van der Waals surface area (Å²) in [5.74, 6) is 2.42. The molecule has 0 aliphatic carbocycles. The van der Waals surface area contributed by atoms with Gasteiger partial charge in [-0.2, -0.15) is 4.98 Å². The molecular formula is C18H19N5O3. The van der Waals surface area contributed by atoms with Gasteiger partial charge >= 0.3 is 0 Å². The Kier molecular flexibility index (Phi) is 4.74. The van der Waals surface area contributed by atoms with Gasteiger partial charge in [-0.1, -0.05) is 5.16 Å². The second-order valence-electron chi connectivity index (χ2n) is 6.04. The van der Waals surface area contributed by atoms with E-state index in [9.17, 15) is 0 Å². The number of pyridine rings is 2. The van der Waals surface area contributed by atoms with Crippen LogP contribution in [-0.4, -0.2) is 39.4 Å². The molecule has 0 saturated carbocycles. The molecule has 0 amide bonds. The first-order valence-electron chi connectivity index (χ1n) is 8.46. The number of hydrogen-bond acceptors (Lipinski definition) is 8. The van der Waals surface area contributed by atoms with Crippen LogP contribution < -0.4 is 10.1 Å². The third-order valence-corrected chi connectivity index (χ3v) is 3.98. The summed E-state index contributed by atoms with van der Waals surface area (Å²) >= 11 is 0. The van der Waals surface area contributed by atoms with Crippen LogP contribution in [0.1, 0.15) is 17.8 Å². The van der Waals surface area contributed by atoms with Crippen molar-refractivity contribution in [2.45, 2.75) is 26.0 Å². The summed E-state index contributed by atoms with van der Waals surface area (Å²) in [4.78, 5) is 12.8. The van der Waals surface area contributed by atoms with Gasteiger partial charge < -0.3 is 19.3 Å². The van der Waals surface area contributed by atoms with Crippen molar-refractivity contribution in [1.29, 1.82) is 0 Å². The Hall–Kier alpha value is -3.00. The molecule has 8 nitrogen and oxygen atoms in total. The fraction of sp³-hybridized carbons (Fsp3) is 0.333. The zero-order chi connectivity index (χ0) is 17.8. The highest BCUT2D eigenvalue weighted by atomic mass is 16.5. The van der Waals surface area contributed by atoms with Crippen molar-refractivity contribution in [2.75, 3.05) is 18.5 Å². The fourth-order valence-corrected chi connectivity index (χ4v) is 2.67. The number of nitrogens with zero attached hydrogens (tertiary/aromatic N) is 4. The minimum absolute atomic E-state index is 0.0851. The second-order valence-corrected chi connectivity index (χ2v) is 6.04. The highest BCUT2D eigenvalue weighted by Gasteiger charge is 2.17. The summed E-state index contributed by atoms with van der Waals surface area (Å²) in [6.07, 6.45) is 4.43. The molecule has 0 radical (unpaired) electrons. The van der Waals surface area contributed by atoms with Gasteiger partial charge in [0, 0.05) is 37.0 Å². The molecule has 1 unspecified atom stereocenters. The first-order valence-corrected chi connectivity index (χ1v) is 8.46. The van der Waals surface area contributed by atoms with Crippen LogP contribution in [0.2, 0.25) is 0 Å². The van der Waals surface area contributed by atoms with E-state index in [-0.39, 0.29) is 6.10 Å². The van der Waals surface area contributed by atoms with Gasteiger partial charge in [0.05, 0.1) is 13.2 Å². The van der Waals surface area contributed by atoms with E-state index in [0.717, 1.165) is 30.0 Å². The third-order valence-electron chi connectivity index (χ3n) is 3.98. The van der Waals surface area contributed by atoms with Gasteiger partial charge in [0.1, 0.15) is 11.9 Å². The first-order chi connectivity index (χ1) is 12.8. The molecule has 3 aromatic heterocycles. The van der Waals surface area contributed by atoms with E-state index in [1.54, 1.807) is 19.3 Å². The molecule has 4 heterocycles. The van der Waals surface area contributed by atoms with Crippen molar-refractivity contribution >= 4 is 5.82 Å². The lowest BCUT2D eigenvalue weighted by molar-refractivity contribution is 0.138. The van der Waals surface area contributed by atoms with E-state index in [1.807, 2.05) is 24.3 Å². The maximum absolute atomic E-state index is 5.84. The predicted octanol–water partition coefficient (Wildman–Crippen LogP) is 2.61. The molecule has 26 heavy (non-hydrogen) atoms. The molecule has 1 aliphatic rings. The number of nitrogens with one attached hydrogen (secondary N) is 1. The number of aromatic nitrogens is 4. The van der Waals surface area contributed by atoms with Crippen molar-refractivity contribution in [1.82, 2.24) is 20.1 Å². The molecule has 8 heteroatoms. The normalized spacial score (nSPS) is 16.6. The Bertz CT molecular complexity index is 877. The Morgan fingerprint density at radius 2 is 2.15 bits per heavy atom. The van der Waals surface area contributed by atoms with Crippen molar-refractivity contribution in [3.05, 3.63) is 48.0 Å². The topological polar surface area (TPSA) is 95.2 Å². The van der Waals surface area contributed by atoms with Crippen LogP contribution in [0.4, 0.5) is 5.82 Å². The summed E-state index contributed by atoms with van der Waals surface area (Å²) in [6.45, 7) is 3.75. The predicted molar refractivity (Wildman–Crippen MR) is 93.7 cm³/mol. The smallest absolute Gasteiger partial charge is 0.258 e. The van der Waals surface area contributed by atoms with Crippen LogP contribution in [0, 0.1) is 6.92 Å². The molecule has 1 atom stereocenters. The summed E-state index contributed by atoms with van der Waals surface area (Å²) in [7, 11) is 0. The summed E-state index contributed by atoms with van der Waals surface area (Å²) in [5, 5.41) is 7.10. The summed E-state index contributed by atoms with van der Waals surface area (Å²) < 4.78 is 16.4. The number of rotatable bonds is 6. The largest absolute Gasteiger partial charge is 0.472 e. The Labute approximate surface area is 150 Å². The summed E-state index contributed by atoms with van der Waals surface area (Å²) in [6, 6.07) is 7.58. The van der Waals surface area contributed by atoms with Crippen molar-refractivity contribution in [3.63, 3.8) is 0 Å². The molecular weight excluding hydrogens is 334 g/mol. The monoisotopic (exact) mass is 353 g/mol. The number of anilines is 1. The van der Waals surface area contributed by atoms with Gasteiger partial charge in [-0.15, -0.1) is 0 Å². The molecule has 0 aromatic carbocycles. The van der Waals surface area contributed by atoms with Crippen molar-refractivity contribution in [3.8, 4) is 17.3 Å². The zero-order valence-electron chi connectivity index (χ0n) is 14.4. The van der Waals surface area contributed by atoms with E-state index >= 15 is 0 Å². The van der Waals surface area contributed by atoms with Gasteiger partial charge in [-0.25, -0.2) is 9.97 Å². The fourth-order valence-electron chi connectivity index (χ4n) is 2.67. The molecule has 1 saturated heterocycles. The molecule has 4 rings (SSSR count). The Morgan fingerprint density at radius 1 is 1.23 bits per heavy atom. The first kappa shape index (κ1) is 16.5. The zero-order valence-corrected chi connectivity index (χ0v) is 14.4. The maximum Gasteiger partial charge on any atom is 0.258 e. The summed E-state index contributed by atoms with van der Waals surface area (Å²) in [5.41, 5.74) is 1.87. The van der Waals surface area contributed by atoms with E-state index in [0.29, 0.717) is 30.7 Å². The lowest BCUT2D eigenvalue weighted by Gasteiger charge is -2.12. The van der Waals surface area contributed by atoms with Crippen molar-refractivity contribution in [2.24, 2.45) is 0 Å². The van der Waals surface area contributed by atoms with Crippen LogP contribution in [0.3, 0.4) is 0 Å². The van der Waals surface area contributed by atoms with Crippen LogP contribution >= 0.6 is 0 Å². The average Bonchev–Trinajstić information content (AvgIpc) is 3.32. The Balaban J connectivity index is 1.41. The van der Waals surface area contributed by atoms with Crippen LogP contribution in [-0.2, 0) is 11.3 Å². The average molecular weight is 353 g/mol. The van der Waals surface area contributed by atoms with E-state index in [1.165, 1.54) is 0 Å². The van der Waals surface area contributed by atoms with Crippen LogP contribution in [0.15, 0.2) is 41.2 Å². The molecule has 1 aliphatic heterocycles. The molecule has 3 aromatic rings. The highest BCUT2D eigenvalue weighted by molar-refractivity contribution is 5.57. The lowest BCUT2D eigenvalue weighted by atomic mass is 10.2. The van der Waals surface area contributed by atoms with Gasteiger partial charge in [-0.05, 0) is 30.7 Å². The van der Waals surface area contributed by atoms with Crippen LogP contribution in [0.25, 0.3) is 11.5 Å². The number of ether oxygens (including phenoxy) is 2. The van der Waals surface area contributed by atoms with Gasteiger partial charge in [0.2, 0.25) is 5.88 Å². The van der Waals surface area contributed by atoms with Crippen LogP contribution in [0.5, 0.6) is 5.88 Å². The highest BCUT2D eigenvalue weighted by Crippen LogP contribution is 2.20. The minimum Gasteiger partial charge on any atom is -0.472 e. The van der Waals surface area contributed by atoms with Gasteiger partial charge in [0.25, 0.3) is 5.89 Å². The SMILES string of the molecule is Cc1noc(-c2ccnc(NCc3ccnc(OC4CCOC4)c3)c2)n1. The minimum atomic E-state index is 0.0851. The third kappa shape index (κ3) is 3.97. The Morgan fingerprint density at radius 3 is 2.96 bits per heavy atom. The van der Waals surface area contributed by atoms with E-state index in [4.69, 9.17) is 14.0 Å². The van der Waals surface area contributed by atoms with E-state index in [2.05, 4.69) is 25.4 Å². The molecule has 0 spiro atoms. The molecule has 134 valence electrons. The molecule has 0 bridgehead atoms. The number of aryl methyl sites for hydroxylation is 1. The second kappa shape index (κ2) is 7.49. The van der Waals surface area contributed by atoms with Gasteiger partial charge in [0.15, 0.2) is 5.82 Å². The van der Waals surface area contributed by atoms with E-state index < -0.39 is 0 Å². The van der Waals surface area contributed by atoms with Crippen molar-refractivity contribution < 1.29 is 14.0 Å². The molecule has 1 N–H and O–H groups in total. The quantitative estimate of drug-likeness (QED) is 0.722. The standard InChI is InChI=1S/C18H19N5O3/c1-12-22-18(26-23-12)14-3-6-19-16(9-14)21-10-13-2-5-20-17(8-13)25-15-4-7-24-11-15/h2-3,5-6,8-9,15H,4,7,10-11H2,1H3,(H,19,21). The lowest BCUT2D eigenvalue weighted by Crippen LogP contribution is -2.16. The van der Waals surface area contributed by atoms with Gasteiger partial charge in [-0.3, -0.25) is 0 Å². The number of hydrogen-bond donors (Lipinski definition) is 1. The maximum atomic E-state index is 5.84.